The van der Waals surface area contributed by atoms with Crippen LogP contribution in [0.1, 0.15) is 12.8 Å². The topological polar surface area (TPSA) is 93.7 Å². The SMILES string of the molecule is COc1ccc2c(N3CC4(CC(NN(CC(F)F)S(=O)[O-])C4)C3)ncnc2c1. The summed E-state index contributed by atoms with van der Waals surface area (Å²) in [7, 11) is 1.61. The molecule has 4 rings (SSSR count). The lowest BCUT2D eigenvalue weighted by Crippen LogP contribution is -2.68. The molecule has 1 N–H and O–H groups in total. The van der Waals surface area contributed by atoms with Crippen molar-refractivity contribution in [3.63, 3.8) is 0 Å². The first kappa shape index (κ1) is 19.4. The second-order valence-electron chi connectivity index (χ2n) is 7.34. The quantitative estimate of drug-likeness (QED) is 0.544. The molecule has 2 aliphatic rings. The van der Waals surface area contributed by atoms with Crippen LogP contribution in [-0.2, 0) is 11.3 Å². The molecule has 1 aromatic carbocycles. The Hall–Kier alpha value is -1.95. The maximum absolute atomic E-state index is 12.5. The van der Waals surface area contributed by atoms with Crippen LogP contribution in [0, 0.1) is 5.41 Å². The Balaban J connectivity index is 1.37. The lowest BCUT2D eigenvalue weighted by atomic mass is 9.61. The van der Waals surface area contributed by atoms with Crippen LogP contribution in [-0.4, -0.2) is 62.4 Å². The van der Waals surface area contributed by atoms with Crippen molar-refractivity contribution < 1.29 is 22.3 Å². The van der Waals surface area contributed by atoms with Gasteiger partial charge in [-0.25, -0.2) is 24.2 Å². The largest absolute Gasteiger partial charge is 0.759 e. The highest BCUT2D eigenvalue weighted by atomic mass is 32.2. The van der Waals surface area contributed by atoms with E-state index in [0.29, 0.717) is 4.41 Å². The molecule has 0 amide bonds. The molecule has 2 aromatic rings. The molecule has 1 saturated carbocycles. The number of alkyl halides is 2. The van der Waals surface area contributed by atoms with Crippen LogP contribution < -0.4 is 15.1 Å². The van der Waals surface area contributed by atoms with E-state index in [2.05, 4.69) is 20.3 Å². The normalized spacial score (nSPS) is 19.9. The summed E-state index contributed by atoms with van der Waals surface area (Å²) in [5, 5.41) is 0.942. The molecule has 1 unspecified atom stereocenters. The molecule has 152 valence electrons. The minimum Gasteiger partial charge on any atom is -0.759 e. The zero-order chi connectivity index (χ0) is 19.9. The van der Waals surface area contributed by atoms with Crippen LogP contribution >= 0.6 is 0 Å². The third-order valence-electron chi connectivity index (χ3n) is 5.34. The minimum absolute atomic E-state index is 0.0717. The van der Waals surface area contributed by atoms with E-state index >= 15 is 0 Å². The van der Waals surface area contributed by atoms with E-state index in [1.807, 2.05) is 18.2 Å². The number of halogens is 2. The number of hydrogen-bond acceptors (Lipinski definition) is 7. The molecule has 8 nitrogen and oxygen atoms in total. The molecule has 1 aliphatic heterocycles. The van der Waals surface area contributed by atoms with Gasteiger partial charge in [0.25, 0.3) is 6.43 Å². The smallest absolute Gasteiger partial charge is 0.253 e. The fourth-order valence-corrected chi connectivity index (χ4v) is 4.61. The van der Waals surface area contributed by atoms with Crippen molar-refractivity contribution in [3.8, 4) is 5.75 Å². The number of rotatable bonds is 7. The van der Waals surface area contributed by atoms with Crippen LogP contribution in [0.15, 0.2) is 24.5 Å². The molecule has 0 radical (unpaired) electrons. The second-order valence-corrected chi connectivity index (χ2v) is 8.21. The summed E-state index contributed by atoms with van der Waals surface area (Å²) in [4.78, 5) is 10.9. The number of benzene rings is 1. The summed E-state index contributed by atoms with van der Waals surface area (Å²) in [6.45, 7) is 0.736. The number of nitrogens with zero attached hydrogens (tertiary/aromatic N) is 4. The lowest BCUT2D eigenvalue weighted by molar-refractivity contribution is 0.0116. The lowest BCUT2D eigenvalue weighted by Gasteiger charge is -2.60. The van der Waals surface area contributed by atoms with E-state index in [1.54, 1.807) is 7.11 Å². The van der Waals surface area contributed by atoms with Gasteiger partial charge in [0.2, 0.25) is 0 Å². The molecule has 2 heterocycles. The van der Waals surface area contributed by atoms with Gasteiger partial charge in [-0.3, -0.25) is 4.21 Å². The van der Waals surface area contributed by atoms with Gasteiger partial charge < -0.3 is 14.2 Å². The van der Waals surface area contributed by atoms with Crippen LogP contribution in [0.3, 0.4) is 0 Å². The van der Waals surface area contributed by atoms with E-state index in [1.165, 1.54) is 6.33 Å². The molecular weight excluding hydrogens is 392 g/mol. The highest BCUT2D eigenvalue weighted by Gasteiger charge is 2.53. The van der Waals surface area contributed by atoms with E-state index in [9.17, 15) is 17.5 Å². The van der Waals surface area contributed by atoms with Gasteiger partial charge in [0, 0.05) is 47.3 Å². The Bertz CT molecular complexity index is 888. The predicted molar refractivity (Wildman–Crippen MR) is 98.5 cm³/mol. The minimum atomic E-state index is -2.72. The third kappa shape index (κ3) is 3.66. The van der Waals surface area contributed by atoms with Gasteiger partial charge in [0.05, 0.1) is 19.2 Å². The predicted octanol–water partition coefficient (Wildman–Crippen LogP) is 1.47. The van der Waals surface area contributed by atoms with Crippen molar-refractivity contribution in [2.75, 3.05) is 31.6 Å². The van der Waals surface area contributed by atoms with Crippen molar-refractivity contribution in [3.05, 3.63) is 24.5 Å². The van der Waals surface area contributed by atoms with Crippen molar-refractivity contribution in [1.82, 2.24) is 19.8 Å². The Morgan fingerprint density at radius 1 is 1.43 bits per heavy atom. The molecule has 1 saturated heterocycles. The number of anilines is 1. The fourth-order valence-electron chi connectivity index (χ4n) is 4.14. The van der Waals surface area contributed by atoms with E-state index < -0.39 is 24.2 Å². The van der Waals surface area contributed by atoms with Crippen LogP contribution in [0.5, 0.6) is 5.75 Å². The molecule has 1 aromatic heterocycles. The van der Waals surface area contributed by atoms with Crippen LogP contribution in [0.25, 0.3) is 10.9 Å². The molecular formula is C17H20F2N5O3S-. The Labute approximate surface area is 163 Å². The first-order chi connectivity index (χ1) is 13.4. The number of hydrogen-bond donors (Lipinski definition) is 1. The highest BCUT2D eigenvalue weighted by Crippen LogP contribution is 2.50. The highest BCUT2D eigenvalue weighted by molar-refractivity contribution is 7.76. The fraction of sp³-hybridized carbons (Fsp3) is 0.529. The molecule has 11 heteroatoms. The summed E-state index contributed by atoms with van der Waals surface area (Å²) in [5.74, 6) is 1.59. The van der Waals surface area contributed by atoms with E-state index in [0.717, 1.165) is 48.4 Å². The summed E-state index contributed by atoms with van der Waals surface area (Å²) < 4.78 is 52.9. The summed E-state index contributed by atoms with van der Waals surface area (Å²) in [5.41, 5.74) is 3.56. The first-order valence-electron chi connectivity index (χ1n) is 8.84. The van der Waals surface area contributed by atoms with Gasteiger partial charge in [-0.05, 0) is 25.0 Å². The van der Waals surface area contributed by atoms with Gasteiger partial charge in [-0.1, -0.05) is 0 Å². The zero-order valence-corrected chi connectivity index (χ0v) is 16.0. The Morgan fingerprint density at radius 3 is 2.82 bits per heavy atom. The van der Waals surface area contributed by atoms with Gasteiger partial charge in [-0.15, -0.1) is 0 Å². The number of fused-ring (bicyclic) bond motifs is 1. The number of aromatic nitrogens is 2. The van der Waals surface area contributed by atoms with Crippen molar-refractivity contribution in [1.29, 1.82) is 0 Å². The van der Waals surface area contributed by atoms with Crippen molar-refractivity contribution >= 4 is 28.0 Å². The molecule has 1 aliphatic carbocycles. The molecule has 0 bridgehead atoms. The molecule has 1 atom stereocenters. The number of ether oxygens (including phenoxy) is 1. The van der Waals surface area contributed by atoms with E-state index in [-0.39, 0.29) is 11.5 Å². The molecule has 1 spiro atoms. The zero-order valence-electron chi connectivity index (χ0n) is 15.2. The number of methoxy groups -OCH3 is 1. The summed E-state index contributed by atoms with van der Waals surface area (Å²) in [6, 6.07) is 5.55. The molecule has 2 fully saturated rings. The van der Waals surface area contributed by atoms with Crippen molar-refractivity contribution in [2.24, 2.45) is 5.41 Å². The van der Waals surface area contributed by atoms with Gasteiger partial charge >= 0.3 is 0 Å². The standard InChI is InChI=1S/C17H21F2N5O3S/c1-27-12-2-3-13-14(4-12)20-10-21-16(13)23-8-17(9-23)5-11(6-17)22-24(28(25)26)7-15(18)19/h2-4,10-11,15,22H,5-9H2,1H3,(H,25,26)/p-1. The van der Waals surface area contributed by atoms with Crippen molar-refractivity contribution in [2.45, 2.75) is 25.3 Å². The monoisotopic (exact) mass is 412 g/mol. The van der Waals surface area contributed by atoms with Gasteiger partial charge in [0.15, 0.2) is 0 Å². The third-order valence-corrected chi connectivity index (χ3v) is 5.96. The summed E-state index contributed by atoms with van der Waals surface area (Å²) >= 11 is -2.72. The second kappa shape index (κ2) is 7.47. The van der Waals surface area contributed by atoms with E-state index in [4.69, 9.17) is 4.74 Å². The average Bonchev–Trinajstić information content (AvgIpc) is 2.60. The van der Waals surface area contributed by atoms with Gasteiger partial charge in [-0.2, -0.15) is 4.41 Å². The molecule has 28 heavy (non-hydrogen) atoms. The Kier molecular flexibility index (Phi) is 5.17. The van der Waals surface area contributed by atoms with Crippen LogP contribution in [0.4, 0.5) is 14.6 Å². The average molecular weight is 412 g/mol. The number of hydrazine groups is 1. The van der Waals surface area contributed by atoms with Gasteiger partial charge in [0.1, 0.15) is 17.9 Å². The Morgan fingerprint density at radius 2 is 2.18 bits per heavy atom. The first-order valence-corrected chi connectivity index (χ1v) is 9.87. The van der Waals surface area contributed by atoms with Crippen LogP contribution in [0.2, 0.25) is 0 Å². The summed E-state index contributed by atoms with van der Waals surface area (Å²) in [6.07, 6.45) is 0.274. The maximum Gasteiger partial charge on any atom is 0.253 e. The maximum atomic E-state index is 12.5. The number of nitrogens with one attached hydrogen (secondary N) is 1.